The Bertz CT molecular complexity index is 3180. The summed E-state index contributed by atoms with van der Waals surface area (Å²) >= 11 is 0. The number of nitrogens with zero attached hydrogens (tertiary/aromatic N) is 4. The molecule has 0 unspecified atom stereocenters. The average molecular weight is 667 g/mol. The van der Waals surface area contributed by atoms with Gasteiger partial charge in [0.15, 0.2) is 23.1 Å². The van der Waals surface area contributed by atoms with Crippen molar-refractivity contribution in [2.45, 2.75) is 0 Å². The lowest BCUT2D eigenvalue weighted by molar-refractivity contribution is 0.623. The van der Waals surface area contributed by atoms with E-state index in [1.165, 1.54) is 0 Å². The molecule has 6 heteroatoms. The van der Waals surface area contributed by atoms with Crippen molar-refractivity contribution in [3.05, 3.63) is 158 Å². The van der Waals surface area contributed by atoms with Gasteiger partial charge in [0.1, 0.15) is 16.7 Å². The molecule has 0 saturated heterocycles. The molecule has 0 amide bonds. The molecule has 3 aromatic heterocycles. The molecule has 0 aliphatic carbocycles. The number of hydrogen-bond donors (Lipinski definition) is 0. The summed E-state index contributed by atoms with van der Waals surface area (Å²) in [6, 6.07) is 53.5. The van der Waals surface area contributed by atoms with Gasteiger partial charge in [0.2, 0.25) is 5.89 Å². The fourth-order valence-electron chi connectivity index (χ4n) is 7.48. The summed E-state index contributed by atoms with van der Waals surface area (Å²) in [5, 5.41) is 8.59. The van der Waals surface area contributed by atoms with Gasteiger partial charge in [-0.3, -0.25) is 0 Å². The maximum atomic E-state index is 6.57. The zero-order chi connectivity index (χ0) is 34.2. The molecule has 52 heavy (non-hydrogen) atoms. The van der Waals surface area contributed by atoms with Crippen LogP contribution in [0.2, 0.25) is 0 Å². The zero-order valence-electron chi connectivity index (χ0n) is 27.6. The summed E-state index contributed by atoms with van der Waals surface area (Å²) in [6.45, 7) is 0. The van der Waals surface area contributed by atoms with E-state index in [0.717, 1.165) is 87.6 Å². The Labute approximate surface area is 296 Å². The summed E-state index contributed by atoms with van der Waals surface area (Å²) in [6.07, 6.45) is 0. The van der Waals surface area contributed by atoms with Crippen LogP contribution in [0.1, 0.15) is 0 Å². The van der Waals surface area contributed by atoms with Crippen molar-refractivity contribution >= 4 is 65.4 Å². The Morgan fingerprint density at radius 3 is 1.85 bits per heavy atom. The normalized spacial score (nSPS) is 11.8. The van der Waals surface area contributed by atoms with E-state index in [1.54, 1.807) is 0 Å². The van der Waals surface area contributed by atoms with Gasteiger partial charge in [-0.05, 0) is 57.9 Å². The highest BCUT2D eigenvalue weighted by Gasteiger charge is 2.19. The van der Waals surface area contributed by atoms with Crippen molar-refractivity contribution in [1.29, 1.82) is 0 Å². The highest BCUT2D eigenvalue weighted by Crippen LogP contribution is 2.40. The monoisotopic (exact) mass is 666 g/mol. The molecule has 0 saturated carbocycles. The minimum atomic E-state index is 0.575. The number of benzene rings is 8. The second-order valence-electron chi connectivity index (χ2n) is 13.0. The lowest BCUT2D eigenvalue weighted by Crippen LogP contribution is -2.00. The summed E-state index contributed by atoms with van der Waals surface area (Å²) in [4.78, 5) is 20.2. The van der Waals surface area contributed by atoms with Crippen LogP contribution in [0.3, 0.4) is 0 Å². The quantitative estimate of drug-likeness (QED) is 0.174. The largest absolute Gasteiger partial charge is 0.456 e. The standard InChI is InChI=1S/C46H26N4O2/c1-3-10-29(11-4-1)43-48-44(31-21-24-34-33-14-7-8-17-38(33)51-39(34)26-31)50-45(49-43)36-16-9-15-35-32(36)23-20-27-18-19-28-22-25-37-42(41(28)40(27)35)52-46(47-37)30-12-5-2-6-13-30/h1-26H. The average Bonchev–Trinajstić information content (AvgIpc) is 3.82. The molecule has 0 spiro atoms. The molecule has 0 aliphatic rings. The molecule has 3 heterocycles. The van der Waals surface area contributed by atoms with Crippen molar-refractivity contribution in [3.63, 3.8) is 0 Å². The van der Waals surface area contributed by atoms with Crippen LogP contribution in [0, 0.1) is 0 Å². The Morgan fingerprint density at radius 2 is 1.00 bits per heavy atom. The number of rotatable bonds is 4. The van der Waals surface area contributed by atoms with E-state index in [2.05, 4.69) is 66.7 Å². The first kappa shape index (κ1) is 28.6. The van der Waals surface area contributed by atoms with E-state index in [0.29, 0.717) is 23.4 Å². The first-order valence-electron chi connectivity index (χ1n) is 17.2. The van der Waals surface area contributed by atoms with Crippen molar-refractivity contribution in [3.8, 4) is 45.6 Å². The van der Waals surface area contributed by atoms with Crippen LogP contribution in [0.15, 0.2) is 167 Å². The first-order chi connectivity index (χ1) is 25.7. The third-order valence-corrected chi connectivity index (χ3v) is 9.94. The maximum absolute atomic E-state index is 6.57. The lowest BCUT2D eigenvalue weighted by atomic mass is 9.93. The second-order valence-corrected chi connectivity index (χ2v) is 13.0. The van der Waals surface area contributed by atoms with Gasteiger partial charge < -0.3 is 8.83 Å². The predicted molar refractivity (Wildman–Crippen MR) is 209 cm³/mol. The number of hydrogen-bond acceptors (Lipinski definition) is 6. The molecule has 0 atom stereocenters. The molecule has 0 N–H and O–H groups in total. The molecule has 0 radical (unpaired) electrons. The van der Waals surface area contributed by atoms with Crippen molar-refractivity contribution in [1.82, 2.24) is 19.9 Å². The van der Waals surface area contributed by atoms with Crippen molar-refractivity contribution in [2.75, 3.05) is 0 Å². The van der Waals surface area contributed by atoms with Crippen LogP contribution < -0.4 is 0 Å². The molecule has 11 rings (SSSR count). The summed E-state index contributed by atoms with van der Waals surface area (Å²) in [5.74, 6) is 2.37. The van der Waals surface area contributed by atoms with E-state index < -0.39 is 0 Å². The first-order valence-corrected chi connectivity index (χ1v) is 17.2. The SMILES string of the molecule is c1ccc(-c2nc(-c3ccc4c(c3)oc3ccccc34)nc(-c3cccc4c3ccc3ccc5ccc6nc(-c7ccccc7)oc6c5c34)n2)cc1. The Kier molecular flexibility index (Phi) is 6.15. The third kappa shape index (κ3) is 4.44. The van der Waals surface area contributed by atoms with Gasteiger partial charge >= 0.3 is 0 Å². The van der Waals surface area contributed by atoms with Crippen LogP contribution in [-0.4, -0.2) is 19.9 Å². The minimum Gasteiger partial charge on any atom is -0.456 e. The van der Waals surface area contributed by atoms with Crippen LogP contribution in [-0.2, 0) is 0 Å². The molecule has 0 bridgehead atoms. The number of aromatic nitrogens is 4. The third-order valence-electron chi connectivity index (χ3n) is 9.94. The Morgan fingerprint density at radius 1 is 0.365 bits per heavy atom. The van der Waals surface area contributed by atoms with Crippen LogP contribution in [0.5, 0.6) is 0 Å². The molecule has 8 aromatic carbocycles. The molecule has 0 aliphatic heterocycles. The fourth-order valence-corrected chi connectivity index (χ4v) is 7.48. The number of furan rings is 1. The van der Waals surface area contributed by atoms with Crippen LogP contribution in [0.4, 0.5) is 0 Å². The maximum Gasteiger partial charge on any atom is 0.227 e. The summed E-state index contributed by atoms with van der Waals surface area (Å²) < 4.78 is 12.8. The van der Waals surface area contributed by atoms with Gasteiger partial charge in [-0.2, -0.15) is 0 Å². The summed E-state index contributed by atoms with van der Waals surface area (Å²) in [7, 11) is 0. The topological polar surface area (TPSA) is 77.8 Å². The molecule has 11 aromatic rings. The Hall–Kier alpha value is -7.18. The van der Waals surface area contributed by atoms with Crippen molar-refractivity contribution < 1.29 is 8.83 Å². The highest BCUT2D eigenvalue weighted by molar-refractivity contribution is 6.27. The smallest absolute Gasteiger partial charge is 0.227 e. The van der Waals surface area contributed by atoms with Gasteiger partial charge in [0, 0.05) is 43.8 Å². The van der Waals surface area contributed by atoms with Gasteiger partial charge in [-0.15, -0.1) is 0 Å². The number of fused-ring (bicyclic) bond motifs is 10. The predicted octanol–water partition coefficient (Wildman–Crippen LogP) is 12.0. The van der Waals surface area contributed by atoms with Crippen LogP contribution >= 0.6 is 0 Å². The van der Waals surface area contributed by atoms with E-state index in [9.17, 15) is 0 Å². The van der Waals surface area contributed by atoms with Crippen LogP contribution in [0.25, 0.3) is 111 Å². The fraction of sp³-hybridized carbons (Fsp3) is 0. The van der Waals surface area contributed by atoms with E-state index in [4.69, 9.17) is 28.8 Å². The molecular weight excluding hydrogens is 641 g/mol. The van der Waals surface area contributed by atoms with E-state index >= 15 is 0 Å². The number of para-hydroxylation sites is 1. The molecule has 6 nitrogen and oxygen atoms in total. The van der Waals surface area contributed by atoms with E-state index in [1.807, 2.05) is 91.0 Å². The summed E-state index contributed by atoms with van der Waals surface area (Å²) in [5.41, 5.74) is 6.86. The van der Waals surface area contributed by atoms with Crippen molar-refractivity contribution in [2.24, 2.45) is 0 Å². The van der Waals surface area contributed by atoms with Gasteiger partial charge in [-0.1, -0.05) is 121 Å². The molecule has 242 valence electrons. The van der Waals surface area contributed by atoms with Gasteiger partial charge in [-0.25, -0.2) is 19.9 Å². The Balaban J connectivity index is 1.15. The second kappa shape index (κ2) is 11.2. The molecule has 0 fully saturated rings. The lowest BCUT2D eigenvalue weighted by Gasteiger charge is -2.13. The zero-order valence-corrected chi connectivity index (χ0v) is 27.6. The van der Waals surface area contributed by atoms with Gasteiger partial charge in [0.05, 0.1) is 0 Å². The molecular formula is C46H26N4O2. The van der Waals surface area contributed by atoms with Gasteiger partial charge in [0.25, 0.3) is 0 Å². The number of oxazole rings is 1. The highest BCUT2D eigenvalue weighted by atomic mass is 16.3. The minimum absolute atomic E-state index is 0.575. The van der Waals surface area contributed by atoms with E-state index in [-0.39, 0.29) is 0 Å².